The zero-order valence-corrected chi connectivity index (χ0v) is 8.45. The van der Waals surface area contributed by atoms with Gasteiger partial charge in [0.1, 0.15) is 5.01 Å². The van der Waals surface area contributed by atoms with Crippen LogP contribution >= 0.6 is 11.3 Å². The summed E-state index contributed by atoms with van der Waals surface area (Å²) < 4.78 is 0. The summed E-state index contributed by atoms with van der Waals surface area (Å²) in [6.07, 6.45) is 4.86. The topological polar surface area (TPSA) is 37.8 Å². The first-order chi connectivity index (χ1) is 5.86. The largest absolute Gasteiger partial charge is 0.363 e. The Morgan fingerprint density at radius 2 is 2.17 bits per heavy atom. The molecule has 0 bridgehead atoms. The van der Waals surface area contributed by atoms with Gasteiger partial charge in [0, 0.05) is 13.5 Å². The van der Waals surface area contributed by atoms with Gasteiger partial charge in [0.25, 0.3) is 0 Å². The molecule has 0 spiro atoms. The van der Waals surface area contributed by atoms with Crippen molar-refractivity contribution in [3.63, 3.8) is 0 Å². The molecule has 0 saturated heterocycles. The first-order valence-corrected chi connectivity index (χ1v) is 5.18. The van der Waals surface area contributed by atoms with Gasteiger partial charge in [0.15, 0.2) is 0 Å². The lowest BCUT2D eigenvalue weighted by Gasteiger charge is -1.92. The van der Waals surface area contributed by atoms with Crippen LogP contribution in [0.1, 0.15) is 31.2 Å². The molecule has 1 N–H and O–H groups in total. The van der Waals surface area contributed by atoms with E-state index in [0.29, 0.717) is 0 Å². The number of aryl methyl sites for hydroxylation is 1. The van der Waals surface area contributed by atoms with Crippen molar-refractivity contribution in [2.75, 3.05) is 12.4 Å². The summed E-state index contributed by atoms with van der Waals surface area (Å²) in [7, 11) is 1.87. The monoisotopic (exact) mass is 185 g/mol. The molecule has 0 atom stereocenters. The second-order valence-corrected chi connectivity index (χ2v) is 3.77. The van der Waals surface area contributed by atoms with Crippen molar-refractivity contribution in [1.82, 2.24) is 10.2 Å². The zero-order valence-electron chi connectivity index (χ0n) is 7.63. The van der Waals surface area contributed by atoms with E-state index in [4.69, 9.17) is 0 Å². The van der Waals surface area contributed by atoms with Crippen LogP contribution in [0.15, 0.2) is 0 Å². The summed E-state index contributed by atoms with van der Waals surface area (Å²) in [5, 5.41) is 13.1. The van der Waals surface area contributed by atoms with Gasteiger partial charge in [0.2, 0.25) is 5.13 Å². The molecule has 0 aliphatic rings. The van der Waals surface area contributed by atoms with E-state index in [0.717, 1.165) is 16.6 Å². The van der Waals surface area contributed by atoms with Crippen molar-refractivity contribution in [2.24, 2.45) is 0 Å². The predicted octanol–water partition coefficient (Wildman–Crippen LogP) is 2.31. The van der Waals surface area contributed by atoms with Crippen LogP contribution in [0, 0.1) is 0 Å². The van der Waals surface area contributed by atoms with Crippen LogP contribution in [0.3, 0.4) is 0 Å². The van der Waals surface area contributed by atoms with E-state index in [2.05, 4.69) is 22.4 Å². The normalized spacial score (nSPS) is 10.2. The van der Waals surface area contributed by atoms with E-state index < -0.39 is 0 Å². The van der Waals surface area contributed by atoms with Crippen LogP contribution in [0.4, 0.5) is 5.13 Å². The Kier molecular flexibility index (Phi) is 4.00. The highest BCUT2D eigenvalue weighted by Gasteiger charge is 2.00. The van der Waals surface area contributed by atoms with Gasteiger partial charge < -0.3 is 5.32 Å². The third kappa shape index (κ3) is 2.77. The van der Waals surface area contributed by atoms with Crippen LogP contribution in [-0.2, 0) is 6.42 Å². The molecule has 12 heavy (non-hydrogen) atoms. The smallest absolute Gasteiger partial charge is 0.205 e. The van der Waals surface area contributed by atoms with E-state index in [-0.39, 0.29) is 0 Å². The van der Waals surface area contributed by atoms with Gasteiger partial charge in [-0.05, 0) is 6.42 Å². The third-order valence-electron chi connectivity index (χ3n) is 1.67. The Balaban J connectivity index is 2.31. The van der Waals surface area contributed by atoms with E-state index >= 15 is 0 Å². The molecule has 0 aliphatic carbocycles. The molecule has 3 nitrogen and oxygen atoms in total. The minimum Gasteiger partial charge on any atom is -0.363 e. The predicted molar refractivity (Wildman–Crippen MR) is 52.7 cm³/mol. The summed E-state index contributed by atoms with van der Waals surface area (Å²) in [5.41, 5.74) is 0. The lowest BCUT2D eigenvalue weighted by atomic mass is 10.2. The van der Waals surface area contributed by atoms with Crippen molar-refractivity contribution < 1.29 is 0 Å². The highest BCUT2D eigenvalue weighted by atomic mass is 32.1. The summed E-state index contributed by atoms with van der Waals surface area (Å²) in [5.74, 6) is 0. The lowest BCUT2D eigenvalue weighted by molar-refractivity contribution is 0.710. The molecule has 0 radical (unpaired) electrons. The molecule has 1 aromatic heterocycles. The molecule has 0 fully saturated rings. The first-order valence-electron chi connectivity index (χ1n) is 4.37. The highest BCUT2D eigenvalue weighted by molar-refractivity contribution is 7.15. The fourth-order valence-electron chi connectivity index (χ4n) is 0.982. The van der Waals surface area contributed by atoms with Gasteiger partial charge >= 0.3 is 0 Å². The fourth-order valence-corrected chi connectivity index (χ4v) is 1.72. The summed E-state index contributed by atoms with van der Waals surface area (Å²) in [4.78, 5) is 0. The van der Waals surface area contributed by atoms with E-state index in [1.165, 1.54) is 19.3 Å². The molecule has 0 aliphatic heterocycles. The second kappa shape index (κ2) is 5.09. The Morgan fingerprint density at radius 3 is 2.75 bits per heavy atom. The molecular formula is C8H15N3S. The van der Waals surface area contributed by atoms with Gasteiger partial charge in [-0.1, -0.05) is 31.1 Å². The molecule has 1 heterocycles. The number of nitrogens with one attached hydrogen (secondary N) is 1. The number of hydrogen-bond donors (Lipinski definition) is 1. The van der Waals surface area contributed by atoms with Crippen LogP contribution in [0.5, 0.6) is 0 Å². The zero-order chi connectivity index (χ0) is 8.81. The number of aromatic nitrogens is 2. The average Bonchev–Trinajstić information content (AvgIpc) is 2.53. The number of anilines is 1. The Bertz CT molecular complexity index is 222. The minimum atomic E-state index is 0.918. The Morgan fingerprint density at radius 1 is 1.33 bits per heavy atom. The van der Waals surface area contributed by atoms with Crippen LogP contribution in [-0.4, -0.2) is 17.2 Å². The fraction of sp³-hybridized carbons (Fsp3) is 0.750. The summed E-state index contributed by atoms with van der Waals surface area (Å²) >= 11 is 1.65. The SMILES string of the molecule is CCCCCc1nnc(NC)s1. The maximum atomic E-state index is 4.06. The van der Waals surface area contributed by atoms with Crippen LogP contribution in [0.25, 0.3) is 0 Å². The molecule has 68 valence electrons. The van der Waals surface area contributed by atoms with E-state index in [1.54, 1.807) is 11.3 Å². The summed E-state index contributed by atoms with van der Waals surface area (Å²) in [6, 6.07) is 0. The third-order valence-corrected chi connectivity index (χ3v) is 2.68. The molecular weight excluding hydrogens is 170 g/mol. The average molecular weight is 185 g/mol. The lowest BCUT2D eigenvalue weighted by Crippen LogP contribution is -1.85. The number of unbranched alkanes of at least 4 members (excludes halogenated alkanes) is 2. The standard InChI is InChI=1S/C8H15N3S/c1-3-4-5-6-7-10-11-8(9-2)12-7/h3-6H2,1-2H3,(H,9,11). The van der Waals surface area contributed by atoms with Crippen molar-refractivity contribution in [3.05, 3.63) is 5.01 Å². The summed E-state index contributed by atoms with van der Waals surface area (Å²) in [6.45, 7) is 2.21. The van der Waals surface area contributed by atoms with Gasteiger partial charge in [-0.25, -0.2) is 0 Å². The minimum absolute atomic E-state index is 0.918. The van der Waals surface area contributed by atoms with E-state index in [9.17, 15) is 0 Å². The quantitative estimate of drug-likeness (QED) is 0.715. The first kappa shape index (κ1) is 9.45. The molecule has 0 unspecified atom stereocenters. The maximum absolute atomic E-state index is 4.06. The number of hydrogen-bond acceptors (Lipinski definition) is 4. The van der Waals surface area contributed by atoms with Gasteiger partial charge in [0.05, 0.1) is 0 Å². The van der Waals surface area contributed by atoms with Crippen molar-refractivity contribution >= 4 is 16.5 Å². The Hall–Kier alpha value is -0.640. The van der Waals surface area contributed by atoms with Gasteiger partial charge in [-0.15, -0.1) is 10.2 Å². The molecule has 0 aromatic carbocycles. The maximum Gasteiger partial charge on any atom is 0.205 e. The molecule has 0 saturated carbocycles. The van der Waals surface area contributed by atoms with Crippen molar-refractivity contribution in [3.8, 4) is 0 Å². The number of nitrogens with zero attached hydrogens (tertiary/aromatic N) is 2. The van der Waals surface area contributed by atoms with E-state index in [1.807, 2.05) is 7.05 Å². The van der Waals surface area contributed by atoms with Gasteiger partial charge in [-0.3, -0.25) is 0 Å². The molecule has 1 aromatic rings. The van der Waals surface area contributed by atoms with Gasteiger partial charge in [-0.2, -0.15) is 0 Å². The second-order valence-electron chi connectivity index (χ2n) is 2.71. The van der Waals surface area contributed by atoms with Crippen LogP contribution in [0.2, 0.25) is 0 Å². The Labute approximate surface area is 77.2 Å². The molecule has 0 amide bonds. The van der Waals surface area contributed by atoms with Crippen molar-refractivity contribution in [1.29, 1.82) is 0 Å². The van der Waals surface area contributed by atoms with Crippen molar-refractivity contribution in [2.45, 2.75) is 32.6 Å². The number of rotatable bonds is 5. The molecule has 1 rings (SSSR count). The van der Waals surface area contributed by atoms with Crippen LogP contribution < -0.4 is 5.32 Å². The molecule has 4 heteroatoms. The highest BCUT2D eigenvalue weighted by Crippen LogP contribution is 2.16.